The molecule has 3 aromatic carbocycles. The van der Waals surface area contributed by atoms with Gasteiger partial charge in [0, 0.05) is 16.8 Å². The van der Waals surface area contributed by atoms with Gasteiger partial charge in [0.25, 0.3) is 0 Å². The van der Waals surface area contributed by atoms with Gasteiger partial charge in [0.15, 0.2) is 0 Å². The second-order valence-corrected chi connectivity index (χ2v) is 7.07. The first-order valence-electron chi connectivity index (χ1n) is 10.6. The van der Waals surface area contributed by atoms with E-state index < -0.39 is 11.8 Å². The van der Waals surface area contributed by atoms with Crippen molar-refractivity contribution in [3.8, 4) is 17.6 Å². The van der Waals surface area contributed by atoms with Crippen molar-refractivity contribution >= 4 is 23.7 Å². The number of para-hydroxylation sites is 1. The summed E-state index contributed by atoms with van der Waals surface area (Å²) in [5, 5.41) is 15.8. The number of ether oxygens (including phenoxy) is 2. The molecule has 2 amide bonds. The molecule has 0 bridgehead atoms. The zero-order chi connectivity index (χ0) is 24.2. The molecule has 0 aromatic heterocycles. The first kappa shape index (κ1) is 24.0. The van der Waals surface area contributed by atoms with Gasteiger partial charge in [-0.25, -0.2) is 5.43 Å². The number of hydrogen-bond acceptors (Lipinski definition) is 6. The average molecular weight is 457 g/mol. The summed E-state index contributed by atoms with van der Waals surface area (Å²) in [5.41, 5.74) is 4.86. The van der Waals surface area contributed by atoms with E-state index in [9.17, 15) is 14.9 Å². The van der Waals surface area contributed by atoms with E-state index in [1.54, 1.807) is 48.5 Å². The number of carbonyl (C=O) groups excluding carboxylic acids is 2. The quantitative estimate of drug-likeness (QED) is 0.272. The molecule has 0 spiro atoms. The molecule has 0 atom stereocenters. The van der Waals surface area contributed by atoms with Crippen LogP contribution in [-0.2, 0) is 16.2 Å². The van der Waals surface area contributed by atoms with Gasteiger partial charge in [-0.05, 0) is 49.4 Å². The molecule has 8 heteroatoms. The normalized spacial score (nSPS) is 10.4. The van der Waals surface area contributed by atoms with Crippen LogP contribution in [0.4, 0.5) is 5.69 Å². The Hall–Kier alpha value is -4.64. The van der Waals surface area contributed by atoms with Gasteiger partial charge >= 0.3 is 0 Å². The summed E-state index contributed by atoms with van der Waals surface area (Å²) in [5.74, 6) is 0.227. The van der Waals surface area contributed by atoms with Crippen LogP contribution in [0, 0.1) is 11.3 Å². The molecule has 0 saturated heterocycles. The summed E-state index contributed by atoms with van der Waals surface area (Å²) in [4.78, 5) is 24.2. The lowest BCUT2D eigenvalue weighted by Crippen LogP contribution is -2.24. The molecule has 3 aromatic rings. The Kier molecular flexibility index (Phi) is 8.76. The number of hydrazone groups is 1. The van der Waals surface area contributed by atoms with E-state index in [0.717, 1.165) is 5.56 Å². The summed E-state index contributed by atoms with van der Waals surface area (Å²) in [7, 11) is 0. The van der Waals surface area contributed by atoms with Crippen molar-refractivity contribution in [2.45, 2.75) is 20.0 Å². The molecule has 2 N–H and O–H groups in total. The number of nitriles is 1. The van der Waals surface area contributed by atoms with Gasteiger partial charge in [-0.15, -0.1) is 0 Å². The summed E-state index contributed by atoms with van der Waals surface area (Å²) in [6.45, 7) is 2.66. The highest BCUT2D eigenvalue weighted by atomic mass is 16.5. The van der Waals surface area contributed by atoms with Crippen molar-refractivity contribution in [2.75, 3.05) is 11.9 Å². The van der Waals surface area contributed by atoms with Crippen LogP contribution in [0.5, 0.6) is 11.5 Å². The highest BCUT2D eigenvalue weighted by Gasteiger charge is 2.10. The van der Waals surface area contributed by atoms with Crippen LogP contribution >= 0.6 is 0 Å². The second kappa shape index (κ2) is 12.4. The molecule has 0 aliphatic rings. The van der Waals surface area contributed by atoms with Crippen LogP contribution in [0.25, 0.3) is 0 Å². The van der Waals surface area contributed by atoms with Crippen LogP contribution in [0.3, 0.4) is 0 Å². The lowest BCUT2D eigenvalue weighted by molar-refractivity contribution is -0.126. The summed E-state index contributed by atoms with van der Waals surface area (Å²) < 4.78 is 11.2. The zero-order valence-corrected chi connectivity index (χ0v) is 18.7. The molecular formula is C26H24N4O4. The minimum Gasteiger partial charge on any atom is -0.494 e. The summed E-state index contributed by atoms with van der Waals surface area (Å²) in [6, 6.07) is 23.4. The Morgan fingerprint density at radius 3 is 2.47 bits per heavy atom. The van der Waals surface area contributed by atoms with Crippen LogP contribution in [0.2, 0.25) is 0 Å². The van der Waals surface area contributed by atoms with E-state index in [1.165, 1.54) is 6.21 Å². The van der Waals surface area contributed by atoms with Crippen molar-refractivity contribution in [1.29, 1.82) is 5.26 Å². The van der Waals surface area contributed by atoms with Crippen molar-refractivity contribution < 1.29 is 19.1 Å². The molecule has 8 nitrogen and oxygen atoms in total. The van der Waals surface area contributed by atoms with Crippen molar-refractivity contribution in [2.24, 2.45) is 5.10 Å². The van der Waals surface area contributed by atoms with Gasteiger partial charge in [0.1, 0.15) is 24.5 Å². The lowest BCUT2D eigenvalue weighted by Gasteiger charge is -2.10. The molecule has 0 aliphatic heterocycles. The predicted octanol–water partition coefficient (Wildman–Crippen LogP) is 4.01. The Morgan fingerprint density at radius 2 is 1.71 bits per heavy atom. The van der Waals surface area contributed by atoms with Crippen molar-refractivity contribution in [3.63, 3.8) is 0 Å². The standard InChI is InChI=1S/C26H24N4O4/c1-2-33-23-13-11-22(12-14-23)29-25(31)15-26(32)30-28-17-20-8-5-6-10-24(20)34-18-21-9-4-3-7-19(21)16-27/h3-14,17H,2,15,18H2,1H3,(H,29,31)(H,30,32). The van der Waals surface area contributed by atoms with E-state index in [2.05, 4.69) is 21.9 Å². The van der Waals surface area contributed by atoms with E-state index in [0.29, 0.717) is 34.9 Å². The maximum atomic E-state index is 12.1. The molecule has 172 valence electrons. The molecule has 0 fully saturated rings. The number of carbonyl (C=O) groups is 2. The maximum Gasteiger partial charge on any atom is 0.249 e. The monoisotopic (exact) mass is 456 g/mol. The molecule has 0 radical (unpaired) electrons. The van der Waals surface area contributed by atoms with E-state index in [4.69, 9.17) is 9.47 Å². The second-order valence-electron chi connectivity index (χ2n) is 7.07. The number of anilines is 1. The van der Waals surface area contributed by atoms with Gasteiger partial charge in [-0.2, -0.15) is 10.4 Å². The van der Waals surface area contributed by atoms with Gasteiger partial charge in [0.2, 0.25) is 11.8 Å². The van der Waals surface area contributed by atoms with Crippen LogP contribution in [0.1, 0.15) is 30.0 Å². The molecule has 34 heavy (non-hydrogen) atoms. The molecule has 0 saturated carbocycles. The smallest absolute Gasteiger partial charge is 0.249 e. The van der Waals surface area contributed by atoms with Gasteiger partial charge in [0.05, 0.1) is 24.5 Å². The Balaban J connectivity index is 1.51. The third-order valence-corrected chi connectivity index (χ3v) is 4.60. The van der Waals surface area contributed by atoms with Crippen molar-refractivity contribution in [1.82, 2.24) is 5.43 Å². The first-order chi connectivity index (χ1) is 16.6. The number of nitrogens with zero attached hydrogens (tertiary/aromatic N) is 2. The topological polar surface area (TPSA) is 113 Å². The SMILES string of the molecule is CCOc1ccc(NC(=O)CC(=O)NN=Cc2ccccc2OCc2ccccc2C#N)cc1. The van der Waals surface area contributed by atoms with Gasteiger partial charge in [-0.1, -0.05) is 30.3 Å². The molecule has 0 unspecified atom stereocenters. The van der Waals surface area contributed by atoms with E-state index in [1.807, 2.05) is 31.2 Å². The molecule has 0 aliphatic carbocycles. The van der Waals surface area contributed by atoms with Crippen LogP contribution in [-0.4, -0.2) is 24.6 Å². The molecule has 3 rings (SSSR count). The van der Waals surface area contributed by atoms with Crippen molar-refractivity contribution in [3.05, 3.63) is 89.5 Å². The third kappa shape index (κ3) is 7.21. The zero-order valence-electron chi connectivity index (χ0n) is 18.7. The predicted molar refractivity (Wildman–Crippen MR) is 129 cm³/mol. The highest BCUT2D eigenvalue weighted by molar-refractivity contribution is 6.03. The first-order valence-corrected chi connectivity index (χ1v) is 10.6. The Labute approximate surface area is 197 Å². The fourth-order valence-electron chi connectivity index (χ4n) is 2.99. The van der Waals surface area contributed by atoms with E-state index in [-0.39, 0.29) is 13.0 Å². The Morgan fingerprint density at radius 1 is 0.971 bits per heavy atom. The van der Waals surface area contributed by atoms with Gasteiger partial charge < -0.3 is 14.8 Å². The summed E-state index contributed by atoms with van der Waals surface area (Å²) >= 11 is 0. The Bertz CT molecular complexity index is 1200. The number of rotatable bonds is 10. The molecule has 0 heterocycles. The number of benzene rings is 3. The summed E-state index contributed by atoms with van der Waals surface area (Å²) in [6.07, 6.45) is 1.06. The van der Waals surface area contributed by atoms with Gasteiger partial charge in [-0.3, -0.25) is 9.59 Å². The number of nitrogens with one attached hydrogen (secondary N) is 2. The fourth-order valence-corrected chi connectivity index (χ4v) is 2.99. The number of amides is 2. The minimum atomic E-state index is -0.555. The highest BCUT2D eigenvalue weighted by Crippen LogP contribution is 2.19. The molecular weight excluding hydrogens is 432 g/mol. The average Bonchev–Trinajstić information content (AvgIpc) is 2.85. The fraction of sp³-hybridized carbons (Fsp3) is 0.154. The third-order valence-electron chi connectivity index (χ3n) is 4.60. The van der Waals surface area contributed by atoms with Crippen LogP contribution < -0.4 is 20.2 Å². The minimum absolute atomic E-state index is 0.215. The lowest BCUT2D eigenvalue weighted by atomic mass is 10.1. The number of hydrogen-bond donors (Lipinski definition) is 2. The maximum absolute atomic E-state index is 12.1. The largest absolute Gasteiger partial charge is 0.494 e. The van der Waals surface area contributed by atoms with Crippen LogP contribution in [0.15, 0.2) is 77.9 Å². The van der Waals surface area contributed by atoms with E-state index >= 15 is 0 Å².